The van der Waals surface area contributed by atoms with E-state index in [2.05, 4.69) is 112 Å². The Morgan fingerprint density at radius 2 is 0.966 bits per heavy atom. The zero-order valence-corrected chi connectivity index (χ0v) is 17.2. The highest BCUT2D eigenvalue weighted by molar-refractivity contribution is 5.88. The minimum absolute atomic E-state index is 0.0270. The summed E-state index contributed by atoms with van der Waals surface area (Å²) in [6.07, 6.45) is 0. The molecule has 0 nitrogen and oxygen atoms in total. The Morgan fingerprint density at radius 1 is 0.483 bits per heavy atom. The smallest absolute Gasteiger partial charge is 0.0619 e. The summed E-state index contributed by atoms with van der Waals surface area (Å²) in [4.78, 5) is 0. The SMILES string of the molecule is Cc1ccc2c(c1)-c1ccccc1C21c2ccccc2C(C)(C)c2ccccc21. The fraction of sp³-hybridized carbons (Fsp3) is 0.172. The van der Waals surface area contributed by atoms with Crippen LogP contribution in [0.1, 0.15) is 52.8 Å². The molecule has 0 radical (unpaired) electrons. The first kappa shape index (κ1) is 16.8. The van der Waals surface area contributed by atoms with Crippen molar-refractivity contribution < 1.29 is 0 Å². The molecule has 0 aliphatic heterocycles. The summed E-state index contributed by atoms with van der Waals surface area (Å²) in [7, 11) is 0. The van der Waals surface area contributed by atoms with Gasteiger partial charge in [0.15, 0.2) is 0 Å². The van der Waals surface area contributed by atoms with Crippen LogP contribution >= 0.6 is 0 Å². The molecule has 0 heterocycles. The fourth-order valence-corrected chi connectivity index (χ4v) is 5.98. The number of rotatable bonds is 0. The van der Waals surface area contributed by atoms with Crippen molar-refractivity contribution in [2.45, 2.75) is 31.6 Å². The predicted molar refractivity (Wildman–Crippen MR) is 121 cm³/mol. The van der Waals surface area contributed by atoms with Crippen LogP contribution in [-0.4, -0.2) is 0 Å². The molecule has 0 N–H and O–H groups in total. The summed E-state index contributed by atoms with van der Waals surface area (Å²) in [6.45, 7) is 6.93. The summed E-state index contributed by atoms with van der Waals surface area (Å²) in [5.41, 5.74) is 12.3. The van der Waals surface area contributed by atoms with Crippen molar-refractivity contribution >= 4 is 0 Å². The van der Waals surface area contributed by atoms with Crippen LogP contribution in [0.3, 0.4) is 0 Å². The summed E-state index contributed by atoms with van der Waals surface area (Å²) in [6, 6.07) is 34.2. The average Bonchev–Trinajstić information content (AvgIpc) is 3.03. The Morgan fingerprint density at radius 3 is 1.59 bits per heavy atom. The lowest BCUT2D eigenvalue weighted by atomic mass is 9.55. The van der Waals surface area contributed by atoms with Gasteiger partial charge < -0.3 is 0 Å². The van der Waals surface area contributed by atoms with E-state index in [9.17, 15) is 0 Å². The lowest BCUT2D eigenvalue weighted by Gasteiger charge is -2.46. The number of hydrogen-bond donors (Lipinski definition) is 0. The van der Waals surface area contributed by atoms with Crippen LogP contribution in [0.15, 0.2) is 91.0 Å². The molecule has 0 saturated heterocycles. The average molecular weight is 373 g/mol. The molecule has 29 heavy (non-hydrogen) atoms. The lowest BCUT2D eigenvalue weighted by molar-refractivity contribution is 0.563. The first-order chi connectivity index (χ1) is 14.1. The van der Waals surface area contributed by atoms with Crippen LogP contribution in [0.2, 0.25) is 0 Å². The minimum atomic E-state index is -0.248. The highest BCUT2D eigenvalue weighted by atomic mass is 14.5. The maximum absolute atomic E-state index is 2.37. The second-order valence-corrected chi connectivity index (χ2v) is 9.06. The molecule has 0 fully saturated rings. The molecule has 2 aliphatic carbocycles. The van der Waals surface area contributed by atoms with Crippen LogP contribution in [0.5, 0.6) is 0 Å². The van der Waals surface area contributed by atoms with E-state index < -0.39 is 0 Å². The Bertz CT molecular complexity index is 1240. The third kappa shape index (κ3) is 1.90. The van der Waals surface area contributed by atoms with Gasteiger partial charge in [-0.25, -0.2) is 0 Å². The Kier molecular flexibility index (Phi) is 3.17. The van der Waals surface area contributed by atoms with Gasteiger partial charge in [-0.15, -0.1) is 0 Å². The van der Waals surface area contributed by atoms with E-state index in [-0.39, 0.29) is 10.8 Å². The molecule has 0 unspecified atom stereocenters. The first-order valence-electron chi connectivity index (χ1n) is 10.5. The third-order valence-electron chi connectivity index (χ3n) is 7.21. The van der Waals surface area contributed by atoms with Gasteiger partial charge in [-0.3, -0.25) is 0 Å². The number of hydrogen-bond acceptors (Lipinski definition) is 0. The van der Waals surface area contributed by atoms with Gasteiger partial charge in [0.1, 0.15) is 0 Å². The van der Waals surface area contributed by atoms with E-state index in [0.29, 0.717) is 0 Å². The van der Waals surface area contributed by atoms with E-state index in [1.807, 2.05) is 0 Å². The zero-order valence-electron chi connectivity index (χ0n) is 17.2. The molecular weight excluding hydrogens is 348 g/mol. The predicted octanol–water partition coefficient (Wildman–Crippen LogP) is 7.00. The van der Waals surface area contributed by atoms with E-state index in [4.69, 9.17) is 0 Å². The van der Waals surface area contributed by atoms with Gasteiger partial charge in [-0.1, -0.05) is 110 Å². The largest absolute Gasteiger partial charge is 0.0719 e. The first-order valence-corrected chi connectivity index (χ1v) is 10.5. The van der Waals surface area contributed by atoms with Crippen molar-refractivity contribution in [3.05, 3.63) is 130 Å². The Balaban J connectivity index is 1.88. The molecular formula is C29H24. The lowest BCUT2D eigenvalue weighted by Crippen LogP contribution is -2.40. The summed E-state index contributed by atoms with van der Waals surface area (Å²) < 4.78 is 0. The van der Waals surface area contributed by atoms with Gasteiger partial charge in [0.25, 0.3) is 0 Å². The van der Waals surface area contributed by atoms with Crippen molar-refractivity contribution in [2.24, 2.45) is 0 Å². The van der Waals surface area contributed by atoms with E-state index in [1.165, 1.54) is 50.1 Å². The second kappa shape index (κ2) is 5.48. The normalized spacial score (nSPS) is 16.7. The summed E-state index contributed by atoms with van der Waals surface area (Å²) in [5.74, 6) is 0. The topological polar surface area (TPSA) is 0 Å². The molecule has 4 aromatic carbocycles. The van der Waals surface area contributed by atoms with Crippen LogP contribution in [0.4, 0.5) is 0 Å². The summed E-state index contributed by atoms with van der Waals surface area (Å²) >= 11 is 0. The molecule has 0 bridgehead atoms. The van der Waals surface area contributed by atoms with E-state index >= 15 is 0 Å². The quantitative estimate of drug-likeness (QED) is 0.274. The molecule has 4 aromatic rings. The van der Waals surface area contributed by atoms with Gasteiger partial charge in [-0.05, 0) is 51.4 Å². The molecule has 1 spiro atoms. The maximum Gasteiger partial charge on any atom is 0.0719 e. The maximum atomic E-state index is 2.37. The number of aryl methyl sites for hydroxylation is 1. The molecule has 140 valence electrons. The molecule has 0 saturated carbocycles. The van der Waals surface area contributed by atoms with Crippen molar-refractivity contribution in [1.29, 1.82) is 0 Å². The monoisotopic (exact) mass is 372 g/mol. The number of fused-ring (bicyclic) bond motifs is 9. The van der Waals surface area contributed by atoms with Crippen molar-refractivity contribution in [2.75, 3.05) is 0 Å². The molecule has 2 aliphatic rings. The molecule has 0 atom stereocenters. The minimum Gasteiger partial charge on any atom is -0.0619 e. The van der Waals surface area contributed by atoms with E-state index in [0.717, 1.165) is 0 Å². The fourth-order valence-electron chi connectivity index (χ4n) is 5.98. The summed E-state index contributed by atoms with van der Waals surface area (Å²) in [5, 5.41) is 0. The van der Waals surface area contributed by atoms with Crippen LogP contribution < -0.4 is 0 Å². The second-order valence-electron chi connectivity index (χ2n) is 9.06. The number of benzene rings is 4. The van der Waals surface area contributed by atoms with Crippen LogP contribution in [-0.2, 0) is 10.8 Å². The zero-order chi connectivity index (χ0) is 19.8. The molecule has 0 amide bonds. The van der Waals surface area contributed by atoms with Gasteiger partial charge in [-0.2, -0.15) is 0 Å². The standard InChI is InChI=1S/C29H24/c1-19-16-17-23-21(18-19)20-10-4-5-11-22(20)29(23)26-14-8-6-12-24(26)28(2,3)25-13-7-9-15-27(25)29/h4-18H,1-3H3. The third-order valence-corrected chi connectivity index (χ3v) is 7.21. The van der Waals surface area contributed by atoms with Gasteiger partial charge in [0.2, 0.25) is 0 Å². The van der Waals surface area contributed by atoms with Crippen LogP contribution in [0.25, 0.3) is 11.1 Å². The van der Waals surface area contributed by atoms with Gasteiger partial charge in [0, 0.05) is 5.41 Å². The highest BCUT2D eigenvalue weighted by Crippen LogP contribution is 2.61. The highest BCUT2D eigenvalue weighted by Gasteiger charge is 2.52. The van der Waals surface area contributed by atoms with E-state index in [1.54, 1.807) is 0 Å². The van der Waals surface area contributed by atoms with Gasteiger partial charge in [0.05, 0.1) is 5.41 Å². The molecule has 6 rings (SSSR count). The van der Waals surface area contributed by atoms with Crippen LogP contribution in [0, 0.1) is 6.92 Å². The van der Waals surface area contributed by atoms with Crippen molar-refractivity contribution in [3.8, 4) is 11.1 Å². The van der Waals surface area contributed by atoms with Gasteiger partial charge >= 0.3 is 0 Å². The van der Waals surface area contributed by atoms with Crippen molar-refractivity contribution in [3.63, 3.8) is 0 Å². The Hall–Kier alpha value is -3.12. The molecule has 0 aromatic heterocycles. The van der Waals surface area contributed by atoms with Crippen molar-refractivity contribution in [1.82, 2.24) is 0 Å². The molecule has 0 heteroatoms. The Labute approximate surface area is 172 Å².